The standard InChI is InChI=1S/C24H36O12/c1-13-7-19(25)32-15(3)9-21(27)34-17(5)11-23(29)36-18(6)12-24(30)35-16(4)10-22(28)33-14(2)8-20(26)31-13/h13-18H,7-12H2,1-6H3/t13-,14-,15-,16-,17-,18-/m1/s1. The molecule has 0 unspecified atom stereocenters. The van der Waals surface area contributed by atoms with Crippen LogP contribution in [0.2, 0.25) is 0 Å². The number of esters is 6. The second kappa shape index (κ2) is 15.0. The van der Waals surface area contributed by atoms with Gasteiger partial charge in [0.2, 0.25) is 0 Å². The minimum absolute atomic E-state index is 0.247. The Kier molecular flexibility index (Phi) is 12.9. The summed E-state index contributed by atoms with van der Waals surface area (Å²) >= 11 is 0. The van der Waals surface area contributed by atoms with E-state index >= 15 is 0 Å². The maximum atomic E-state index is 12.1. The van der Waals surface area contributed by atoms with Gasteiger partial charge in [-0.15, -0.1) is 0 Å². The molecule has 1 aliphatic rings. The van der Waals surface area contributed by atoms with Crippen LogP contribution in [0.1, 0.15) is 80.1 Å². The number of cyclic esters (lactones) is 6. The van der Waals surface area contributed by atoms with Crippen LogP contribution >= 0.6 is 0 Å². The van der Waals surface area contributed by atoms with Gasteiger partial charge in [-0.3, -0.25) is 28.8 Å². The van der Waals surface area contributed by atoms with Gasteiger partial charge in [-0.05, 0) is 41.5 Å². The predicted molar refractivity (Wildman–Crippen MR) is 121 cm³/mol. The van der Waals surface area contributed by atoms with Gasteiger partial charge in [0.25, 0.3) is 0 Å². The van der Waals surface area contributed by atoms with Gasteiger partial charge in [-0.1, -0.05) is 0 Å². The Morgan fingerprint density at radius 1 is 0.333 bits per heavy atom. The summed E-state index contributed by atoms with van der Waals surface area (Å²) in [7, 11) is 0. The van der Waals surface area contributed by atoms with E-state index in [0.29, 0.717) is 0 Å². The van der Waals surface area contributed by atoms with Crippen molar-refractivity contribution in [2.45, 2.75) is 117 Å². The van der Waals surface area contributed by atoms with Crippen LogP contribution in [0.3, 0.4) is 0 Å². The molecule has 1 saturated heterocycles. The zero-order valence-corrected chi connectivity index (χ0v) is 21.6. The van der Waals surface area contributed by atoms with Crippen molar-refractivity contribution in [1.29, 1.82) is 0 Å². The summed E-state index contributed by atoms with van der Waals surface area (Å²) in [6.45, 7) is 8.98. The van der Waals surface area contributed by atoms with E-state index in [2.05, 4.69) is 0 Å². The zero-order valence-electron chi connectivity index (χ0n) is 21.6. The van der Waals surface area contributed by atoms with Gasteiger partial charge in [0.15, 0.2) is 0 Å². The molecule has 0 spiro atoms. The maximum absolute atomic E-state index is 12.1. The Hall–Kier alpha value is -3.18. The molecule has 204 valence electrons. The van der Waals surface area contributed by atoms with Crippen LogP contribution in [0, 0.1) is 0 Å². The molecule has 36 heavy (non-hydrogen) atoms. The lowest BCUT2D eigenvalue weighted by Crippen LogP contribution is -2.29. The van der Waals surface area contributed by atoms with Gasteiger partial charge in [-0.25, -0.2) is 0 Å². The Labute approximate surface area is 210 Å². The predicted octanol–water partition coefficient (Wildman–Crippen LogP) is 1.93. The average molecular weight is 517 g/mol. The first-order valence-electron chi connectivity index (χ1n) is 11.9. The minimum Gasteiger partial charge on any atom is -0.462 e. The van der Waals surface area contributed by atoms with Crippen LogP contribution in [-0.4, -0.2) is 72.4 Å². The van der Waals surface area contributed by atoms with E-state index in [1.165, 1.54) is 41.5 Å². The number of rotatable bonds is 0. The van der Waals surface area contributed by atoms with E-state index in [4.69, 9.17) is 28.4 Å². The molecule has 0 aromatic rings. The van der Waals surface area contributed by atoms with Crippen molar-refractivity contribution in [3.05, 3.63) is 0 Å². The molecule has 6 atom stereocenters. The van der Waals surface area contributed by atoms with Crippen molar-refractivity contribution >= 4 is 35.8 Å². The van der Waals surface area contributed by atoms with Gasteiger partial charge < -0.3 is 28.4 Å². The smallest absolute Gasteiger partial charge is 0.309 e. The molecule has 0 bridgehead atoms. The SMILES string of the molecule is C[C@@H]1CC(=O)O[C@H](C)CC(=O)O[C@H](C)CC(=O)O[C@H](C)CC(=O)O[C@H](C)CC(=O)O[C@H](C)CC(=O)O1. The Bertz CT molecular complexity index is 588. The van der Waals surface area contributed by atoms with Gasteiger partial charge in [0, 0.05) is 0 Å². The average Bonchev–Trinajstić information content (AvgIpc) is 2.64. The zero-order chi connectivity index (χ0) is 27.4. The molecular formula is C24H36O12. The summed E-state index contributed by atoms with van der Waals surface area (Å²) in [5, 5.41) is 0. The summed E-state index contributed by atoms with van der Waals surface area (Å²) in [6.07, 6.45) is -6.37. The van der Waals surface area contributed by atoms with E-state index in [1.807, 2.05) is 0 Å². The first kappa shape index (κ1) is 30.9. The second-order valence-corrected chi connectivity index (χ2v) is 9.03. The lowest BCUT2D eigenvalue weighted by molar-refractivity contribution is -0.161. The molecule has 0 N–H and O–H groups in total. The number of hydrogen-bond acceptors (Lipinski definition) is 12. The van der Waals surface area contributed by atoms with Crippen LogP contribution in [-0.2, 0) is 57.2 Å². The molecule has 0 aromatic heterocycles. The highest BCUT2D eigenvalue weighted by Crippen LogP contribution is 2.12. The summed E-state index contributed by atoms with van der Waals surface area (Å²) in [5.74, 6) is -4.09. The fourth-order valence-corrected chi connectivity index (χ4v) is 3.29. The summed E-state index contributed by atoms with van der Waals surface area (Å²) in [4.78, 5) is 72.6. The second-order valence-electron chi connectivity index (χ2n) is 9.03. The van der Waals surface area contributed by atoms with Gasteiger partial charge in [0.1, 0.15) is 36.6 Å². The highest BCUT2D eigenvalue weighted by Gasteiger charge is 2.25. The van der Waals surface area contributed by atoms with Crippen molar-refractivity contribution in [2.24, 2.45) is 0 Å². The summed E-state index contributed by atoms with van der Waals surface area (Å²) in [6, 6.07) is 0. The Morgan fingerprint density at radius 2 is 0.444 bits per heavy atom. The lowest BCUT2D eigenvalue weighted by Gasteiger charge is -2.20. The normalized spacial score (nSPS) is 31.5. The molecule has 0 amide bonds. The fraction of sp³-hybridized carbons (Fsp3) is 0.750. The van der Waals surface area contributed by atoms with Crippen LogP contribution < -0.4 is 0 Å². The molecule has 0 aliphatic carbocycles. The monoisotopic (exact) mass is 516 g/mol. The molecule has 1 aliphatic heterocycles. The third kappa shape index (κ3) is 13.6. The van der Waals surface area contributed by atoms with Crippen LogP contribution in [0.25, 0.3) is 0 Å². The fourth-order valence-electron chi connectivity index (χ4n) is 3.29. The van der Waals surface area contributed by atoms with Crippen molar-refractivity contribution in [1.82, 2.24) is 0 Å². The van der Waals surface area contributed by atoms with E-state index < -0.39 is 72.4 Å². The van der Waals surface area contributed by atoms with E-state index in [1.54, 1.807) is 0 Å². The number of hydrogen-bond donors (Lipinski definition) is 0. The molecular weight excluding hydrogens is 480 g/mol. The Balaban J connectivity index is 2.83. The quantitative estimate of drug-likeness (QED) is 0.341. The van der Waals surface area contributed by atoms with E-state index in [-0.39, 0.29) is 38.5 Å². The van der Waals surface area contributed by atoms with Crippen molar-refractivity contribution in [3.8, 4) is 0 Å². The molecule has 1 fully saturated rings. The molecule has 0 radical (unpaired) electrons. The molecule has 0 saturated carbocycles. The van der Waals surface area contributed by atoms with Crippen molar-refractivity contribution in [3.63, 3.8) is 0 Å². The highest BCUT2D eigenvalue weighted by molar-refractivity contribution is 5.76. The third-order valence-electron chi connectivity index (χ3n) is 4.72. The van der Waals surface area contributed by atoms with Crippen LogP contribution in [0.4, 0.5) is 0 Å². The lowest BCUT2D eigenvalue weighted by atomic mass is 10.2. The largest absolute Gasteiger partial charge is 0.462 e. The van der Waals surface area contributed by atoms with Crippen molar-refractivity contribution in [2.75, 3.05) is 0 Å². The minimum atomic E-state index is -0.814. The first-order valence-corrected chi connectivity index (χ1v) is 11.9. The first-order chi connectivity index (χ1) is 16.7. The molecule has 12 heteroatoms. The highest BCUT2D eigenvalue weighted by atomic mass is 16.6. The van der Waals surface area contributed by atoms with Gasteiger partial charge in [0.05, 0.1) is 38.5 Å². The third-order valence-corrected chi connectivity index (χ3v) is 4.72. The number of carbonyl (C=O) groups is 6. The maximum Gasteiger partial charge on any atom is 0.309 e. The van der Waals surface area contributed by atoms with Crippen LogP contribution in [0.5, 0.6) is 0 Å². The molecule has 1 rings (SSSR count). The summed E-state index contributed by atoms with van der Waals surface area (Å²) in [5.41, 5.74) is 0. The van der Waals surface area contributed by atoms with Crippen LogP contribution in [0.15, 0.2) is 0 Å². The number of carbonyl (C=O) groups excluding carboxylic acids is 6. The molecule has 1 heterocycles. The van der Waals surface area contributed by atoms with Crippen molar-refractivity contribution < 1.29 is 57.2 Å². The van der Waals surface area contributed by atoms with E-state index in [9.17, 15) is 28.8 Å². The topological polar surface area (TPSA) is 158 Å². The Morgan fingerprint density at radius 3 is 0.556 bits per heavy atom. The van der Waals surface area contributed by atoms with E-state index in [0.717, 1.165) is 0 Å². The molecule has 0 aromatic carbocycles. The van der Waals surface area contributed by atoms with Gasteiger partial charge in [-0.2, -0.15) is 0 Å². The van der Waals surface area contributed by atoms with Gasteiger partial charge >= 0.3 is 35.8 Å². The number of ether oxygens (including phenoxy) is 6. The summed E-state index contributed by atoms with van der Waals surface area (Å²) < 4.78 is 30.9. The molecule has 12 nitrogen and oxygen atoms in total.